The first-order valence-electron chi connectivity index (χ1n) is 10.9. The maximum atomic E-state index is 6.31. The van der Waals surface area contributed by atoms with Gasteiger partial charge in [-0.1, -0.05) is 23.7 Å². The number of hydrogen-bond donors (Lipinski definition) is 1. The molecule has 33 heavy (non-hydrogen) atoms. The fraction of sp³-hybridized carbons (Fsp3) is 0.185. The molecule has 0 radical (unpaired) electrons. The van der Waals surface area contributed by atoms with E-state index < -0.39 is 0 Å². The molecule has 3 heterocycles. The molecule has 0 bridgehead atoms. The second kappa shape index (κ2) is 8.65. The number of nitrogens with one attached hydrogen (secondary N) is 1. The third-order valence-corrected chi connectivity index (χ3v) is 6.82. The van der Waals surface area contributed by atoms with E-state index in [0.717, 1.165) is 33.3 Å². The van der Waals surface area contributed by atoms with Crippen LogP contribution in [0.5, 0.6) is 0 Å². The van der Waals surface area contributed by atoms with Gasteiger partial charge in [0.05, 0.1) is 11.7 Å². The number of rotatable bonds is 4. The van der Waals surface area contributed by atoms with Crippen LogP contribution in [-0.2, 0) is 0 Å². The number of benzene rings is 2. The van der Waals surface area contributed by atoms with E-state index in [4.69, 9.17) is 23.8 Å². The third-order valence-electron chi connectivity index (χ3n) is 6.09. The summed E-state index contributed by atoms with van der Waals surface area (Å²) in [4.78, 5) is 6.90. The minimum absolute atomic E-state index is 0.0837. The molecule has 1 N–H and O–H groups in total. The predicted molar refractivity (Wildman–Crippen MR) is 139 cm³/mol. The first-order valence-corrected chi connectivity index (χ1v) is 11.7. The van der Waals surface area contributed by atoms with Crippen molar-refractivity contribution in [2.24, 2.45) is 0 Å². The molecule has 0 aliphatic carbocycles. The van der Waals surface area contributed by atoms with Crippen LogP contribution in [0.2, 0.25) is 5.02 Å². The van der Waals surface area contributed by atoms with Crippen LogP contribution in [0, 0.1) is 20.8 Å². The summed E-state index contributed by atoms with van der Waals surface area (Å²) in [5.41, 5.74) is 7.67. The molecule has 4 nitrogen and oxygen atoms in total. The molecule has 0 spiro atoms. The lowest BCUT2D eigenvalue weighted by Gasteiger charge is -2.29. The van der Waals surface area contributed by atoms with Crippen LogP contribution >= 0.6 is 23.8 Å². The Kier molecular flexibility index (Phi) is 5.69. The van der Waals surface area contributed by atoms with Crippen LogP contribution in [0.1, 0.15) is 40.2 Å². The lowest BCUT2D eigenvalue weighted by atomic mass is 10.00. The zero-order chi connectivity index (χ0) is 23.1. The average Bonchev–Trinajstić information content (AvgIpc) is 3.40. The Morgan fingerprint density at radius 1 is 0.909 bits per heavy atom. The fourth-order valence-corrected chi connectivity index (χ4v) is 5.14. The number of thiocarbonyl (C=S) groups is 1. The van der Waals surface area contributed by atoms with Crippen molar-refractivity contribution >= 4 is 34.6 Å². The fourth-order valence-electron chi connectivity index (χ4n) is 4.67. The number of anilines is 1. The van der Waals surface area contributed by atoms with E-state index in [-0.39, 0.29) is 12.1 Å². The number of pyridine rings is 1. The Morgan fingerprint density at radius 2 is 1.70 bits per heavy atom. The summed E-state index contributed by atoms with van der Waals surface area (Å²) in [7, 11) is 0. The molecule has 5 rings (SSSR count). The van der Waals surface area contributed by atoms with Gasteiger partial charge in [0.15, 0.2) is 5.11 Å². The van der Waals surface area contributed by atoms with E-state index in [1.165, 1.54) is 11.1 Å². The van der Waals surface area contributed by atoms with Gasteiger partial charge in [0.1, 0.15) is 6.04 Å². The van der Waals surface area contributed by atoms with Gasteiger partial charge in [-0.3, -0.25) is 4.98 Å². The topological polar surface area (TPSA) is 33.1 Å². The van der Waals surface area contributed by atoms with Crippen molar-refractivity contribution in [3.05, 3.63) is 112 Å². The van der Waals surface area contributed by atoms with Crippen molar-refractivity contribution < 1.29 is 0 Å². The number of nitrogens with zero attached hydrogens (tertiary/aromatic N) is 3. The smallest absolute Gasteiger partial charge is 0.174 e. The number of hydrogen-bond acceptors (Lipinski definition) is 2. The SMILES string of the molecule is Cc1cc(C)cc(N2C(=S)N[C@H](c3ccccn3)[C@H]2c2cccn2-c2ccc(Cl)c(C)c2)c1. The van der Waals surface area contributed by atoms with E-state index in [1.807, 2.05) is 31.3 Å². The molecule has 2 aromatic carbocycles. The van der Waals surface area contributed by atoms with Crippen molar-refractivity contribution in [1.82, 2.24) is 14.9 Å². The van der Waals surface area contributed by atoms with Crippen LogP contribution in [0.3, 0.4) is 0 Å². The van der Waals surface area contributed by atoms with Crippen LogP contribution in [-0.4, -0.2) is 14.7 Å². The molecular weight excluding hydrogens is 448 g/mol. The second-order valence-electron chi connectivity index (χ2n) is 8.58. The number of aryl methyl sites for hydroxylation is 3. The van der Waals surface area contributed by atoms with Crippen molar-refractivity contribution in [1.29, 1.82) is 0 Å². The van der Waals surface area contributed by atoms with Crippen molar-refractivity contribution in [3.63, 3.8) is 0 Å². The van der Waals surface area contributed by atoms with E-state index >= 15 is 0 Å². The first-order chi connectivity index (χ1) is 15.9. The average molecular weight is 473 g/mol. The third kappa shape index (κ3) is 4.03. The van der Waals surface area contributed by atoms with Crippen molar-refractivity contribution in [2.45, 2.75) is 32.9 Å². The van der Waals surface area contributed by atoms with Crippen molar-refractivity contribution in [2.75, 3.05) is 4.90 Å². The molecule has 6 heteroatoms. The van der Waals surface area contributed by atoms with Gasteiger partial charge >= 0.3 is 0 Å². The molecule has 0 unspecified atom stereocenters. The normalized spacial score (nSPS) is 17.9. The summed E-state index contributed by atoms with van der Waals surface area (Å²) >= 11 is 12.2. The molecular formula is C27H25ClN4S. The minimum atomic E-state index is -0.0958. The summed E-state index contributed by atoms with van der Waals surface area (Å²) in [6.07, 6.45) is 3.92. The van der Waals surface area contributed by atoms with Crippen LogP contribution in [0.25, 0.3) is 5.69 Å². The van der Waals surface area contributed by atoms with Gasteiger partial charge < -0.3 is 14.8 Å². The monoisotopic (exact) mass is 472 g/mol. The number of halogens is 1. The lowest BCUT2D eigenvalue weighted by molar-refractivity contribution is 0.549. The largest absolute Gasteiger partial charge is 0.351 e. The second-order valence-corrected chi connectivity index (χ2v) is 9.37. The Balaban J connectivity index is 1.69. The molecule has 1 aliphatic rings. The van der Waals surface area contributed by atoms with E-state index in [2.05, 4.69) is 88.3 Å². The van der Waals surface area contributed by atoms with Crippen LogP contribution in [0.4, 0.5) is 5.69 Å². The molecule has 0 saturated carbocycles. The van der Waals surface area contributed by atoms with Gasteiger partial charge in [-0.15, -0.1) is 0 Å². The lowest BCUT2D eigenvalue weighted by Crippen LogP contribution is -2.30. The van der Waals surface area contributed by atoms with Crippen LogP contribution in [0.15, 0.2) is 79.1 Å². The Hall–Kier alpha value is -3.15. The molecule has 0 amide bonds. The zero-order valence-electron chi connectivity index (χ0n) is 18.8. The Morgan fingerprint density at radius 3 is 2.39 bits per heavy atom. The molecule has 2 atom stereocenters. The summed E-state index contributed by atoms with van der Waals surface area (Å²) in [6, 6.07) is 22.7. The van der Waals surface area contributed by atoms with Gasteiger partial charge in [0.2, 0.25) is 0 Å². The van der Waals surface area contributed by atoms with Gasteiger partial charge in [-0.05, 0) is 104 Å². The number of aromatic nitrogens is 2. The summed E-state index contributed by atoms with van der Waals surface area (Å²) in [5.74, 6) is 0. The maximum absolute atomic E-state index is 6.31. The van der Waals surface area contributed by atoms with Crippen molar-refractivity contribution in [3.8, 4) is 5.69 Å². The Labute approximate surface area is 204 Å². The zero-order valence-corrected chi connectivity index (χ0v) is 20.4. The molecule has 1 aliphatic heterocycles. The maximum Gasteiger partial charge on any atom is 0.174 e. The van der Waals surface area contributed by atoms with Gasteiger partial charge in [-0.2, -0.15) is 0 Å². The highest BCUT2D eigenvalue weighted by molar-refractivity contribution is 7.80. The van der Waals surface area contributed by atoms with E-state index in [1.54, 1.807) is 0 Å². The molecule has 166 valence electrons. The summed E-state index contributed by atoms with van der Waals surface area (Å²) < 4.78 is 2.22. The van der Waals surface area contributed by atoms with E-state index in [9.17, 15) is 0 Å². The highest BCUT2D eigenvalue weighted by atomic mass is 35.5. The predicted octanol–water partition coefficient (Wildman–Crippen LogP) is 6.63. The first kappa shape index (κ1) is 21.7. The van der Waals surface area contributed by atoms with Gasteiger partial charge in [0.25, 0.3) is 0 Å². The van der Waals surface area contributed by atoms with E-state index in [0.29, 0.717) is 5.11 Å². The standard InChI is InChI=1S/C27H25ClN4S/c1-17-13-18(2)15-21(14-17)32-26(25(30-27(32)33)23-7-4-5-11-29-23)24-8-6-12-31(24)20-9-10-22(28)19(3)16-20/h4-16,25-26H,1-3H3,(H,30,33)/t25-,26-/m1/s1. The quantitative estimate of drug-likeness (QED) is 0.338. The van der Waals surface area contributed by atoms with Gasteiger partial charge in [-0.25, -0.2) is 0 Å². The van der Waals surface area contributed by atoms with Crippen LogP contribution < -0.4 is 10.2 Å². The molecule has 1 fully saturated rings. The molecule has 4 aromatic rings. The minimum Gasteiger partial charge on any atom is -0.351 e. The molecule has 1 saturated heterocycles. The Bertz CT molecular complexity index is 1310. The van der Waals surface area contributed by atoms with Gasteiger partial charge in [0, 0.05) is 34.5 Å². The summed E-state index contributed by atoms with van der Waals surface area (Å²) in [5, 5.41) is 5.01. The highest BCUT2D eigenvalue weighted by Gasteiger charge is 2.42. The summed E-state index contributed by atoms with van der Waals surface area (Å²) in [6.45, 7) is 6.26. The molecule has 2 aromatic heterocycles. The highest BCUT2D eigenvalue weighted by Crippen LogP contribution is 2.42.